The molecule has 2 amide bonds. The molecule has 0 saturated carbocycles. The topological polar surface area (TPSA) is 37.3 Å². The Bertz CT molecular complexity index is 1190. The molecule has 1 unspecified atom stereocenters. The fourth-order valence-electron chi connectivity index (χ4n) is 4.34. The lowest BCUT2D eigenvalue weighted by molar-refractivity contribution is 0.194. The zero-order valence-electron chi connectivity index (χ0n) is 17.5. The maximum Gasteiger partial charge on any atom is 0.322 e. The van der Waals surface area contributed by atoms with Crippen molar-refractivity contribution in [2.75, 3.05) is 5.32 Å². The number of anilines is 1. The van der Waals surface area contributed by atoms with Gasteiger partial charge in [-0.2, -0.15) is 0 Å². The van der Waals surface area contributed by atoms with Crippen molar-refractivity contribution in [1.82, 2.24) is 9.47 Å². The number of para-hydroxylation sites is 1. The van der Waals surface area contributed by atoms with Gasteiger partial charge < -0.3 is 14.8 Å². The van der Waals surface area contributed by atoms with Crippen molar-refractivity contribution in [3.05, 3.63) is 120 Å². The fraction of sp³-hybridized carbons (Fsp3) is 0.148. The van der Waals surface area contributed by atoms with E-state index in [2.05, 4.69) is 65.5 Å². The van der Waals surface area contributed by atoms with Crippen LogP contribution in [0.15, 0.2) is 97.2 Å². The molecule has 1 aliphatic rings. The Morgan fingerprint density at radius 3 is 2.42 bits per heavy atom. The first-order valence-electron chi connectivity index (χ1n) is 10.7. The van der Waals surface area contributed by atoms with E-state index in [4.69, 9.17) is 0 Å². The lowest BCUT2D eigenvalue weighted by Crippen LogP contribution is -2.37. The van der Waals surface area contributed by atoms with E-state index < -0.39 is 0 Å². The molecule has 1 N–H and O–H groups in total. The van der Waals surface area contributed by atoms with E-state index in [1.54, 1.807) is 0 Å². The Labute approximate surface area is 182 Å². The molecule has 2 heterocycles. The third-order valence-electron chi connectivity index (χ3n) is 5.95. The summed E-state index contributed by atoms with van der Waals surface area (Å²) in [5.41, 5.74) is 6.46. The molecule has 5 rings (SSSR count). The average molecular weight is 408 g/mol. The van der Waals surface area contributed by atoms with Gasteiger partial charge in [0.2, 0.25) is 0 Å². The van der Waals surface area contributed by atoms with Crippen LogP contribution in [-0.2, 0) is 13.0 Å². The largest absolute Gasteiger partial charge is 0.322 e. The molecule has 4 heteroatoms. The molecule has 0 saturated heterocycles. The number of nitrogens with zero attached hydrogens (tertiary/aromatic N) is 2. The number of carbonyl (C=O) groups is 1. The minimum atomic E-state index is -0.196. The lowest BCUT2D eigenvalue weighted by atomic mass is 10.0. The summed E-state index contributed by atoms with van der Waals surface area (Å²) in [6, 6.07) is 30.5. The molecule has 0 bridgehead atoms. The minimum Gasteiger partial charge on any atom is -0.318 e. The summed E-state index contributed by atoms with van der Waals surface area (Å²) in [6.07, 6.45) is 3.05. The quantitative estimate of drug-likeness (QED) is 0.433. The number of hydrogen-bond donors (Lipinski definition) is 1. The predicted octanol–water partition coefficient (Wildman–Crippen LogP) is 6.18. The molecule has 4 aromatic rings. The van der Waals surface area contributed by atoms with Crippen molar-refractivity contribution in [1.29, 1.82) is 0 Å². The van der Waals surface area contributed by atoms with E-state index in [0.29, 0.717) is 6.54 Å². The molecule has 1 aromatic heterocycles. The first kappa shape index (κ1) is 19.2. The third kappa shape index (κ3) is 3.61. The van der Waals surface area contributed by atoms with Crippen molar-refractivity contribution in [3.8, 4) is 5.69 Å². The van der Waals surface area contributed by atoms with Crippen LogP contribution in [0.4, 0.5) is 10.5 Å². The van der Waals surface area contributed by atoms with E-state index in [-0.39, 0.29) is 12.1 Å². The molecule has 3 aromatic carbocycles. The van der Waals surface area contributed by atoms with Gasteiger partial charge >= 0.3 is 6.03 Å². The maximum absolute atomic E-state index is 13.6. The van der Waals surface area contributed by atoms with Gasteiger partial charge in [0.15, 0.2) is 0 Å². The summed E-state index contributed by atoms with van der Waals surface area (Å²) in [6.45, 7) is 2.65. The van der Waals surface area contributed by atoms with Crippen LogP contribution in [0.3, 0.4) is 0 Å². The SMILES string of the molecule is CCc1ccc(NC(=O)N2Cc3ccccc3-n3cccc3C2c2ccccc2)cc1. The molecular formula is C27H25N3O. The van der Waals surface area contributed by atoms with Crippen LogP contribution in [0.2, 0.25) is 0 Å². The zero-order valence-corrected chi connectivity index (χ0v) is 17.5. The molecule has 0 spiro atoms. The number of nitrogens with one attached hydrogen (secondary N) is 1. The number of carbonyl (C=O) groups excluding carboxylic acids is 1. The fourth-order valence-corrected chi connectivity index (χ4v) is 4.34. The van der Waals surface area contributed by atoms with E-state index in [0.717, 1.165) is 34.6 Å². The first-order chi connectivity index (χ1) is 15.2. The van der Waals surface area contributed by atoms with Crippen molar-refractivity contribution in [3.63, 3.8) is 0 Å². The van der Waals surface area contributed by atoms with Crippen LogP contribution in [0.1, 0.15) is 35.3 Å². The lowest BCUT2D eigenvalue weighted by Gasteiger charge is -2.31. The Morgan fingerprint density at radius 1 is 0.903 bits per heavy atom. The highest BCUT2D eigenvalue weighted by atomic mass is 16.2. The maximum atomic E-state index is 13.6. The van der Waals surface area contributed by atoms with Gasteiger partial charge in [0.05, 0.1) is 18.3 Å². The molecule has 31 heavy (non-hydrogen) atoms. The number of hydrogen-bond acceptors (Lipinski definition) is 1. The van der Waals surface area contributed by atoms with Gasteiger partial charge in [0, 0.05) is 17.6 Å². The zero-order chi connectivity index (χ0) is 21.2. The number of aromatic nitrogens is 1. The van der Waals surface area contributed by atoms with Crippen molar-refractivity contribution in [2.45, 2.75) is 25.9 Å². The summed E-state index contributed by atoms with van der Waals surface area (Å²) in [5, 5.41) is 3.12. The van der Waals surface area contributed by atoms with Gasteiger partial charge in [-0.3, -0.25) is 0 Å². The number of fused-ring (bicyclic) bond motifs is 3. The van der Waals surface area contributed by atoms with Crippen molar-refractivity contribution in [2.24, 2.45) is 0 Å². The molecular weight excluding hydrogens is 382 g/mol. The van der Waals surface area contributed by atoms with Gasteiger partial charge in [-0.25, -0.2) is 4.79 Å². The van der Waals surface area contributed by atoms with Crippen LogP contribution in [0.5, 0.6) is 0 Å². The van der Waals surface area contributed by atoms with Gasteiger partial charge in [-0.1, -0.05) is 67.6 Å². The second-order valence-corrected chi connectivity index (χ2v) is 7.85. The summed E-state index contributed by atoms with van der Waals surface area (Å²) >= 11 is 0. The molecule has 1 aliphatic heterocycles. The smallest absolute Gasteiger partial charge is 0.318 e. The standard InChI is InChI=1S/C27H25N3O/c1-2-20-14-16-23(17-15-20)28-27(31)30-19-22-11-6-7-12-24(22)29-18-8-13-25(29)26(30)21-9-4-3-5-10-21/h3-18,26H,2,19H2,1H3,(H,28,31). The second kappa shape index (κ2) is 8.15. The first-order valence-corrected chi connectivity index (χ1v) is 10.7. The molecule has 0 aliphatic carbocycles. The molecule has 4 nitrogen and oxygen atoms in total. The highest BCUT2D eigenvalue weighted by molar-refractivity contribution is 5.90. The Hall–Kier alpha value is -3.79. The van der Waals surface area contributed by atoms with Gasteiger partial charge in [-0.15, -0.1) is 0 Å². The molecule has 0 fully saturated rings. The monoisotopic (exact) mass is 407 g/mol. The normalized spacial score (nSPS) is 15.0. The molecule has 1 atom stereocenters. The summed E-state index contributed by atoms with van der Waals surface area (Å²) in [7, 11) is 0. The van der Waals surface area contributed by atoms with Crippen LogP contribution in [0.25, 0.3) is 5.69 Å². The summed E-state index contributed by atoms with van der Waals surface area (Å²) in [5.74, 6) is 0. The summed E-state index contributed by atoms with van der Waals surface area (Å²) in [4.78, 5) is 15.5. The predicted molar refractivity (Wildman–Crippen MR) is 124 cm³/mol. The summed E-state index contributed by atoms with van der Waals surface area (Å²) < 4.78 is 2.20. The van der Waals surface area contributed by atoms with Gasteiger partial charge in [0.25, 0.3) is 0 Å². The van der Waals surface area contributed by atoms with Crippen molar-refractivity contribution >= 4 is 11.7 Å². The van der Waals surface area contributed by atoms with E-state index in [9.17, 15) is 4.79 Å². The van der Waals surface area contributed by atoms with Gasteiger partial charge in [-0.05, 0) is 53.4 Å². The minimum absolute atomic E-state index is 0.109. The van der Waals surface area contributed by atoms with Crippen LogP contribution in [0, 0.1) is 0 Å². The number of aryl methyl sites for hydroxylation is 1. The highest BCUT2D eigenvalue weighted by Gasteiger charge is 2.32. The van der Waals surface area contributed by atoms with Gasteiger partial charge in [0.1, 0.15) is 0 Å². The number of amides is 2. The van der Waals surface area contributed by atoms with E-state index in [1.807, 2.05) is 53.4 Å². The Kier molecular flexibility index (Phi) is 5.04. The van der Waals surface area contributed by atoms with E-state index >= 15 is 0 Å². The van der Waals surface area contributed by atoms with Crippen LogP contribution in [-0.4, -0.2) is 15.5 Å². The second-order valence-electron chi connectivity index (χ2n) is 7.85. The molecule has 0 radical (unpaired) electrons. The number of urea groups is 1. The Balaban J connectivity index is 1.58. The van der Waals surface area contributed by atoms with Crippen LogP contribution >= 0.6 is 0 Å². The number of benzene rings is 3. The Morgan fingerprint density at radius 2 is 1.65 bits per heavy atom. The van der Waals surface area contributed by atoms with Crippen LogP contribution < -0.4 is 5.32 Å². The average Bonchev–Trinajstić information content (AvgIpc) is 3.24. The van der Waals surface area contributed by atoms with Crippen molar-refractivity contribution < 1.29 is 4.79 Å². The molecule has 154 valence electrons. The van der Waals surface area contributed by atoms with E-state index in [1.165, 1.54) is 5.56 Å². The third-order valence-corrected chi connectivity index (χ3v) is 5.95. The number of rotatable bonds is 3. The highest BCUT2D eigenvalue weighted by Crippen LogP contribution is 2.36.